The second-order valence-corrected chi connectivity index (χ2v) is 3.38. The summed E-state index contributed by atoms with van der Waals surface area (Å²) in [6, 6.07) is 9.66. The zero-order chi connectivity index (χ0) is 11.1. The van der Waals surface area contributed by atoms with Gasteiger partial charge in [0.25, 0.3) is 0 Å². The van der Waals surface area contributed by atoms with Crippen LogP contribution in [0.5, 0.6) is 0 Å². The molecule has 0 aliphatic heterocycles. The molecule has 0 radical (unpaired) electrons. The van der Waals surface area contributed by atoms with E-state index in [1.165, 1.54) is 0 Å². The van der Waals surface area contributed by atoms with Crippen LogP contribution in [0, 0.1) is 12.3 Å². The maximum atomic E-state index is 9.87. The molecule has 0 spiro atoms. The number of aliphatic hydroxyl groups is 1. The lowest BCUT2D eigenvalue weighted by atomic mass is 10.0. The van der Waals surface area contributed by atoms with Crippen molar-refractivity contribution in [3.8, 4) is 12.3 Å². The van der Waals surface area contributed by atoms with Crippen molar-refractivity contribution in [1.29, 1.82) is 0 Å². The molecule has 1 rings (SSSR count). The van der Waals surface area contributed by atoms with Crippen molar-refractivity contribution in [2.75, 3.05) is 7.11 Å². The van der Waals surface area contributed by atoms with Crippen LogP contribution < -0.4 is 0 Å². The van der Waals surface area contributed by atoms with Gasteiger partial charge in [-0.3, -0.25) is 0 Å². The number of terminal acetylenes is 1. The highest BCUT2D eigenvalue weighted by molar-refractivity contribution is 5.18. The van der Waals surface area contributed by atoms with Gasteiger partial charge in [-0.15, -0.1) is 12.3 Å². The fraction of sp³-hybridized carbons (Fsp3) is 0.385. The molecule has 1 aromatic rings. The van der Waals surface area contributed by atoms with E-state index in [1.807, 2.05) is 30.3 Å². The lowest BCUT2D eigenvalue weighted by Gasteiger charge is -2.21. The van der Waals surface area contributed by atoms with Crippen LogP contribution in [-0.2, 0) is 4.74 Å². The summed E-state index contributed by atoms with van der Waals surface area (Å²) in [6.07, 6.45) is 5.44. The Labute approximate surface area is 90.9 Å². The zero-order valence-corrected chi connectivity index (χ0v) is 8.89. The summed E-state index contributed by atoms with van der Waals surface area (Å²) in [6.45, 7) is 0. The summed E-state index contributed by atoms with van der Waals surface area (Å²) in [7, 11) is 1.59. The van der Waals surface area contributed by atoms with Crippen molar-refractivity contribution in [2.24, 2.45) is 0 Å². The number of methoxy groups -OCH3 is 1. The topological polar surface area (TPSA) is 29.5 Å². The van der Waals surface area contributed by atoms with Gasteiger partial charge in [0.2, 0.25) is 0 Å². The van der Waals surface area contributed by atoms with Crippen molar-refractivity contribution in [1.82, 2.24) is 0 Å². The quantitative estimate of drug-likeness (QED) is 0.745. The van der Waals surface area contributed by atoms with E-state index < -0.39 is 6.10 Å². The molecule has 0 saturated heterocycles. The molecular weight excluding hydrogens is 188 g/mol. The van der Waals surface area contributed by atoms with E-state index in [1.54, 1.807) is 7.11 Å². The first kappa shape index (κ1) is 11.8. The van der Waals surface area contributed by atoms with Crippen LogP contribution >= 0.6 is 0 Å². The molecule has 0 bridgehead atoms. The van der Waals surface area contributed by atoms with Gasteiger partial charge in [0.15, 0.2) is 0 Å². The molecule has 0 aliphatic rings. The van der Waals surface area contributed by atoms with Crippen molar-refractivity contribution >= 4 is 0 Å². The third kappa shape index (κ3) is 3.39. The predicted octanol–water partition coefficient (Wildman–Crippen LogP) is 2.15. The first-order valence-electron chi connectivity index (χ1n) is 4.99. The van der Waals surface area contributed by atoms with Gasteiger partial charge in [-0.05, 0) is 12.0 Å². The molecule has 1 aromatic carbocycles. The van der Waals surface area contributed by atoms with Gasteiger partial charge >= 0.3 is 0 Å². The first-order valence-corrected chi connectivity index (χ1v) is 4.99. The van der Waals surface area contributed by atoms with Gasteiger partial charge in [-0.2, -0.15) is 0 Å². The standard InChI is InChI=1S/C13H16O2/c1-3-4-10-12(14)13(15-2)11-8-6-5-7-9-11/h1,5-9,12-14H,4,10H2,2H3. The van der Waals surface area contributed by atoms with E-state index >= 15 is 0 Å². The number of rotatable bonds is 5. The highest BCUT2D eigenvalue weighted by Gasteiger charge is 2.19. The number of benzene rings is 1. The molecule has 0 heterocycles. The molecule has 2 atom stereocenters. The molecule has 0 aliphatic carbocycles. The molecule has 0 saturated carbocycles. The summed E-state index contributed by atoms with van der Waals surface area (Å²) < 4.78 is 5.28. The predicted molar refractivity (Wildman–Crippen MR) is 60.3 cm³/mol. The molecule has 0 fully saturated rings. The van der Waals surface area contributed by atoms with Crippen LogP contribution in [0.2, 0.25) is 0 Å². The van der Waals surface area contributed by atoms with Gasteiger partial charge in [0.05, 0.1) is 6.10 Å². The third-order valence-corrected chi connectivity index (χ3v) is 2.32. The first-order chi connectivity index (χ1) is 7.29. The van der Waals surface area contributed by atoms with Crippen LogP contribution in [0.4, 0.5) is 0 Å². The molecular formula is C13H16O2. The van der Waals surface area contributed by atoms with Gasteiger partial charge in [-0.1, -0.05) is 30.3 Å². The van der Waals surface area contributed by atoms with E-state index in [0.29, 0.717) is 12.8 Å². The Bertz CT molecular complexity index is 313. The highest BCUT2D eigenvalue weighted by atomic mass is 16.5. The van der Waals surface area contributed by atoms with Crippen molar-refractivity contribution in [3.63, 3.8) is 0 Å². The van der Waals surface area contributed by atoms with Crippen LogP contribution in [0.15, 0.2) is 30.3 Å². The van der Waals surface area contributed by atoms with E-state index in [4.69, 9.17) is 11.2 Å². The van der Waals surface area contributed by atoms with Gasteiger partial charge in [-0.25, -0.2) is 0 Å². The molecule has 2 unspecified atom stereocenters. The summed E-state index contributed by atoms with van der Waals surface area (Å²) in [5.74, 6) is 2.51. The smallest absolute Gasteiger partial charge is 0.108 e. The molecule has 0 aromatic heterocycles. The second-order valence-electron chi connectivity index (χ2n) is 3.38. The minimum atomic E-state index is -0.548. The van der Waals surface area contributed by atoms with Crippen LogP contribution in [-0.4, -0.2) is 18.3 Å². The van der Waals surface area contributed by atoms with Gasteiger partial charge in [0.1, 0.15) is 6.10 Å². The molecule has 1 N–H and O–H groups in total. The van der Waals surface area contributed by atoms with Crippen LogP contribution in [0.25, 0.3) is 0 Å². The van der Waals surface area contributed by atoms with Crippen molar-refractivity contribution < 1.29 is 9.84 Å². The summed E-state index contributed by atoms with van der Waals surface area (Å²) in [5, 5.41) is 9.87. The third-order valence-electron chi connectivity index (χ3n) is 2.32. The SMILES string of the molecule is C#CCCC(O)C(OC)c1ccccc1. The maximum absolute atomic E-state index is 9.87. The Balaban J connectivity index is 2.68. The van der Waals surface area contributed by atoms with Crippen LogP contribution in [0.1, 0.15) is 24.5 Å². The Morgan fingerprint density at radius 2 is 2.07 bits per heavy atom. The van der Waals surface area contributed by atoms with Gasteiger partial charge in [0, 0.05) is 13.5 Å². The average molecular weight is 204 g/mol. The maximum Gasteiger partial charge on any atom is 0.108 e. The normalized spacial score (nSPS) is 14.2. The lowest BCUT2D eigenvalue weighted by molar-refractivity contribution is -0.0164. The van der Waals surface area contributed by atoms with Crippen molar-refractivity contribution in [3.05, 3.63) is 35.9 Å². The highest BCUT2D eigenvalue weighted by Crippen LogP contribution is 2.22. The monoisotopic (exact) mass is 204 g/mol. The Morgan fingerprint density at radius 1 is 1.40 bits per heavy atom. The zero-order valence-electron chi connectivity index (χ0n) is 8.89. The average Bonchev–Trinajstić information content (AvgIpc) is 2.29. The second kappa shape index (κ2) is 6.23. The minimum Gasteiger partial charge on any atom is -0.390 e. The minimum absolute atomic E-state index is 0.292. The Hall–Kier alpha value is -1.30. The van der Waals surface area contributed by atoms with Crippen molar-refractivity contribution in [2.45, 2.75) is 25.0 Å². The molecule has 15 heavy (non-hydrogen) atoms. The van der Waals surface area contributed by atoms with Gasteiger partial charge < -0.3 is 9.84 Å². The number of ether oxygens (including phenoxy) is 1. The lowest BCUT2D eigenvalue weighted by Crippen LogP contribution is -2.19. The van der Waals surface area contributed by atoms with E-state index in [9.17, 15) is 5.11 Å². The number of hydrogen-bond donors (Lipinski definition) is 1. The summed E-state index contributed by atoms with van der Waals surface area (Å²) in [5.41, 5.74) is 0.976. The molecule has 0 amide bonds. The molecule has 80 valence electrons. The Morgan fingerprint density at radius 3 is 2.60 bits per heavy atom. The van der Waals surface area contributed by atoms with E-state index in [-0.39, 0.29) is 6.10 Å². The number of hydrogen-bond acceptors (Lipinski definition) is 2. The largest absolute Gasteiger partial charge is 0.390 e. The fourth-order valence-corrected chi connectivity index (χ4v) is 1.54. The summed E-state index contributed by atoms with van der Waals surface area (Å²) in [4.78, 5) is 0. The van der Waals surface area contributed by atoms with E-state index in [0.717, 1.165) is 5.56 Å². The summed E-state index contributed by atoms with van der Waals surface area (Å²) >= 11 is 0. The van der Waals surface area contributed by atoms with E-state index in [2.05, 4.69) is 5.92 Å². The van der Waals surface area contributed by atoms with Crippen LogP contribution in [0.3, 0.4) is 0 Å². The Kier molecular flexibility index (Phi) is 4.89. The molecule has 2 nitrogen and oxygen atoms in total. The number of aliphatic hydroxyl groups excluding tert-OH is 1. The fourth-order valence-electron chi connectivity index (χ4n) is 1.54. The molecule has 2 heteroatoms.